The first-order valence-corrected chi connectivity index (χ1v) is 10.0. The topological polar surface area (TPSA) is 88.3 Å². The molecule has 0 aliphatic heterocycles. The highest BCUT2D eigenvalue weighted by Crippen LogP contribution is 2.21. The number of aromatic nitrogens is 2. The monoisotopic (exact) mass is 410 g/mol. The van der Waals surface area contributed by atoms with Crippen LogP contribution >= 0.6 is 11.8 Å². The van der Waals surface area contributed by atoms with Crippen LogP contribution in [0.3, 0.4) is 0 Å². The summed E-state index contributed by atoms with van der Waals surface area (Å²) in [6.45, 7) is 3.80. The van der Waals surface area contributed by atoms with Crippen molar-refractivity contribution in [1.29, 1.82) is 0 Å². The van der Waals surface area contributed by atoms with Gasteiger partial charge in [-0.1, -0.05) is 24.3 Å². The molecular weight excluding hydrogens is 388 g/mol. The Morgan fingerprint density at radius 1 is 1.10 bits per heavy atom. The number of amides is 2. The molecule has 150 valence electrons. The Bertz CT molecular complexity index is 1000. The molecule has 1 aromatic heterocycles. The number of thioether (sulfide) groups is 1. The average Bonchev–Trinajstić information content (AvgIpc) is 3.13. The van der Waals surface area contributed by atoms with Gasteiger partial charge < -0.3 is 14.6 Å². The second kappa shape index (κ2) is 9.38. The Balaban J connectivity index is 1.63. The molecule has 3 rings (SSSR count). The summed E-state index contributed by atoms with van der Waals surface area (Å²) in [5.74, 6) is 0.792. The van der Waals surface area contributed by atoms with E-state index in [2.05, 4.69) is 15.5 Å². The molecule has 0 unspecified atom stereocenters. The highest BCUT2D eigenvalue weighted by molar-refractivity contribution is 8.00. The molecule has 3 aromatic rings. The van der Waals surface area contributed by atoms with Crippen molar-refractivity contribution in [3.63, 3.8) is 0 Å². The predicted molar refractivity (Wildman–Crippen MR) is 112 cm³/mol. The number of hydrogen-bond donors (Lipinski definition) is 1. The fourth-order valence-corrected chi connectivity index (χ4v) is 3.36. The zero-order chi connectivity index (χ0) is 20.8. The summed E-state index contributed by atoms with van der Waals surface area (Å²) in [6, 6.07) is 15.0. The van der Waals surface area contributed by atoms with Crippen LogP contribution < -0.4 is 5.32 Å². The van der Waals surface area contributed by atoms with Crippen molar-refractivity contribution in [2.75, 3.05) is 18.1 Å². The number of anilines is 1. The summed E-state index contributed by atoms with van der Waals surface area (Å²) in [5.41, 5.74) is 1.98. The molecule has 8 heteroatoms. The number of nitrogens with one attached hydrogen (secondary N) is 1. The predicted octanol–water partition coefficient (Wildman–Crippen LogP) is 3.69. The molecule has 0 aliphatic carbocycles. The molecule has 0 bridgehead atoms. The molecule has 0 atom stereocenters. The van der Waals surface area contributed by atoms with Crippen LogP contribution in [0.4, 0.5) is 5.69 Å². The van der Waals surface area contributed by atoms with Crippen molar-refractivity contribution in [3.05, 3.63) is 71.4 Å². The van der Waals surface area contributed by atoms with Crippen LogP contribution in [0, 0.1) is 13.8 Å². The maximum Gasteiger partial charge on any atom is 0.254 e. The normalized spacial score (nSPS) is 10.6. The lowest BCUT2D eigenvalue weighted by atomic mass is 10.1. The van der Waals surface area contributed by atoms with Gasteiger partial charge in [-0.3, -0.25) is 9.59 Å². The Kier molecular flexibility index (Phi) is 6.66. The minimum absolute atomic E-state index is 0.124. The van der Waals surface area contributed by atoms with Gasteiger partial charge in [0, 0.05) is 30.1 Å². The molecule has 2 aromatic carbocycles. The van der Waals surface area contributed by atoms with E-state index in [9.17, 15) is 9.59 Å². The van der Waals surface area contributed by atoms with Crippen LogP contribution in [-0.4, -0.2) is 39.7 Å². The second-order valence-electron chi connectivity index (χ2n) is 6.56. The lowest BCUT2D eigenvalue weighted by molar-refractivity contribution is -0.113. The van der Waals surface area contributed by atoms with Gasteiger partial charge in [-0.15, -0.1) is 22.0 Å². The van der Waals surface area contributed by atoms with Gasteiger partial charge in [-0.05, 0) is 36.8 Å². The van der Waals surface area contributed by atoms with Crippen molar-refractivity contribution >= 4 is 29.3 Å². The van der Waals surface area contributed by atoms with Gasteiger partial charge in [0.1, 0.15) is 0 Å². The van der Waals surface area contributed by atoms with Crippen LogP contribution in [0.25, 0.3) is 0 Å². The number of hydrogen-bond acceptors (Lipinski definition) is 6. The Morgan fingerprint density at radius 2 is 1.86 bits per heavy atom. The first kappa shape index (κ1) is 20.6. The van der Waals surface area contributed by atoms with E-state index in [0.717, 1.165) is 10.5 Å². The van der Waals surface area contributed by atoms with Crippen LogP contribution in [0.1, 0.15) is 27.7 Å². The van der Waals surface area contributed by atoms with E-state index in [4.69, 9.17) is 4.42 Å². The van der Waals surface area contributed by atoms with E-state index in [1.54, 1.807) is 26.1 Å². The molecule has 7 nitrogen and oxygen atoms in total. The molecule has 0 radical (unpaired) electrons. The summed E-state index contributed by atoms with van der Waals surface area (Å²) >= 11 is 1.46. The van der Waals surface area contributed by atoms with Crippen molar-refractivity contribution in [3.8, 4) is 0 Å². The number of rotatable bonds is 7. The molecule has 2 amide bonds. The van der Waals surface area contributed by atoms with Crippen molar-refractivity contribution in [2.24, 2.45) is 0 Å². The molecular formula is C21H22N4O3S. The SMILES string of the molecule is Cc1nnc(CN(C)C(=O)c2ccc(C)c(NC(=O)CSc3ccccc3)c2)o1. The van der Waals surface area contributed by atoms with E-state index in [1.165, 1.54) is 16.7 Å². The molecule has 29 heavy (non-hydrogen) atoms. The zero-order valence-corrected chi connectivity index (χ0v) is 17.3. The third-order valence-corrected chi connectivity index (χ3v) is 5.17. The van der Waals surface area contributed by atoms with Gasteiger partial charge in [-0.25, -0.2) is 0 Å². The van der Waals surface area contributed by atoms with Gasteiger partial charge in [0.05, 0.1) is 12.3 Å². The van der Waals surface area contributed by atoms with Gasteiger partial charge in [0.2, 0.25) is 17.7 Å². The number of benzene rings is 2. The maximum absolute atomic E-state index is 12.7. The smallest absolute Gasteiger partial charge is 0.254 e. The summed E-state index contributed by atoms with van der Waals surface area (Å²) in [4.78, 5) is 27.6. The quantitative estimate of drug-likeness (QED) is 0.598. The standard InChI is InChI=1S/C21H22N4O3S/c1-14-9-10-16(21(27)25(3)12-20-24-23-15(2)28-20)11-18(14)22-19(26)13-29-17-7-5-4-6-8-17/h4-11H,12-13H2,1-3H3,(H,22,26). The van der Waals surface area contributed by atoms with Crippen molar-refractivity contribution < 1.29 is 14.0 Å². The molecule has 0 fully saturated rings. The first-order chi connectivity index (χ1) is 13.9. The first-order valence-electron chi connectivity index (χ1n) is 9.05. The minimum atomic E-state index is -0.199. The van der Waals surface area contributed by atoms with Gasteiger partial charge >= 0.3 is 0 Å². The number of carbonyl (C=O) groups is 2. The van der Waals surface area contributed by atoms with Crippen LogP contribution in [-0.2, 0) is 11.3 Å². The Hall–Kier alpha value is -3.13. The van der Waals surface area contributed by atoms with Gasteiger partial charge in [0.25, 0.3) is 5.91 Å². The molecule has 0 saturated carbocycles. The summed E-state index contributed by atoms with van der Waals surface area (Å²) in [7, 11) is 1.66. The van der Waals surface area contributed by atoms with E-state index < -0.39 is 0 Å². The van der Waals surface area contributed by atoms with E-state index in [-0.39, 0.29) is 24.1 Å². The van der Waals surface area contributed by atoms with E-state index >= 15 is 0 Å². The molecule has 0 spiro atoms. The van der Waals surface area contributed by atoms with Crippen LogP contribution in [0.2, 0.25) is 0 Å². The Labute approximate surface area is 173 Å². The largest absolute Gasteiger partial charge is 0.424 e. The summed E-state index contributed by atoms with van der Waals surface area (Å²) < 4.78 is 5.32. The van der Waals surface area contributed by atoms with Crippen LogP contribution in [0.15, 0.2) is 57.8 Å². The van der Waals surface area contributed by atoms with Gasteiger partial charge in [-0.2, -0.15) is 0 Å². The lowest BCUT2D eigenvalue weighted by Crippen LogP contribution is -2.26. The molecule has 0 saturated heterocycles. The highest BCUT2D eigenvalue weighted by Gasteiger charge is 2.16. The van der Waals surface area contributed by atoms with Gasteiger partial charge in [0.15, 0.2) is 0 Å². The summed E-state index contributed by atoms with van der Waals surface area (Å²) in [6.07, 6.45) is 0. The minimum Gasteiger partial charge on any atom is -0.424 e. The maximum atomic E-state index is 12.7. The second-order valence-corrected chi connectivity index (χ2v) is 7.60. The third-order valence-electron chi connectivity index (χ3n) is 4.16. The zero-order valence-electron chi connectivity index (χ0n) is 16.5. The fourth-order valence-electron chi connectivity index (χ4n) is 2.64. The lowest BCUT2D eigenvalue weighted by Gasteiger charge is -2.16. The van der Waals surface area contributed by atoms with E-state index in [0.29, 0.717) is 23.0 Å². The summed E-state index contributed by atoms with van der Waals surface area (Å²) in [5, 5.41) is 10.6. The van der Waals surface area contributed by atoms with Crippen molar-refractivity contribution in [1.82, 2.24) is 15.1 Å². The highest BCUT2D eigenvalue weighted by atomic mass is 32.2. The molecule has 1 heterocycles. The van der Waals surface area contributed by atoms with Crippen LogP contribution in [0.5, 0.6) is 0 Å². The fraction of sp³-hybridized carbons (Fsp3) is 0.238. The average molecular weight is 410 g/mol. The van der Waals surface area contributed by atoms with Crippen molar-refractivity contribution in [2.45, 2.75) is 25.3 Å². The number of carbonyl (C=O) groups excluding carboxylic acids is 2. The molecule has 0 aliphatic rings. The third kappa shape index (κ3) is 5.68. The Morgan fingerprint density at radius 3 is 2.55 bits per heavy atom. The number of aryl methyl sites for hydroxylation is 2. The number of nitrogens with zero attached hydrogens (tertiary/aromatic N) is 3. The van der Waals surface area contributed by atoms with E-state index in [1.807, 2.05) is 43.3 Å². The molecule has 1 N–H and O–H groups in total.